The molecule has 0 bridgehead atoms. The van der Waals surface area contributed by atoms with E-state index in [0.29, 0.717) is 13.1 Å². The van der Waals surface area contributed by atoms with Crippen LogP contribution in [-0.2, 0) is 14.3 Å². The number of carbonyl (C=O) groups excluding carboxylic acids is 2. The van der Waals surface area contributed by atoms with Crippen LogP contribution in [-0.4, -0.2) is 53.7 Å². The number of benzene rings is 2. The van der Waals surface area contributed by atoms with Crippen LogP contribution < -0.4 is 5.32 Å². The van der Waals surface area contributed by atoms with Crippen molar-refractivity contribution >= 4 is 18.0 Å². The summed E-state index contributed by atoms with van der Waals surface area (Å²) in [6, 6.07) is 16.2. The molecule has 1 aliphatic heterocycles. The maximum Gasteiger partial charge on any atom is 0.407 e. The third kappa shape index (κ3) is 4.77. The summed E-state index contributed by atoms with van der Waals surface area (Å²) in [4.78, 5) is 38.8. The van der Waals surface area contributed by atoms with Crippen LogP contribution >= 0.6 is 0 Å². The number of ether oxygens (including phenoxy) is 1. The predicted molar refractivity (Wildman–Crippen MR) is 131 cm³/mol. The van der Waals surface area contributed by atoms with Crippen LogP contribution in [0.15, 0.2) is 48.5 Å². The van der Waals surface area contributed by atoms with Gasteiger partial charge in [-0.25, -0.2) is 4.79 Å². The van der Waals surface area contributed by atoms with Gasteiger partial charge in [0.05, 0.1) is 6.42 Å². The number of likely N-dealkylation sites (tertiary alicyclic amines) is 1. The van der Waals surface area contributed by atoms with Crippen LogP contribution in [0.1, 0.15) is 55.6 Å². The van der Waals surface area contributed by atoms with E-state index in [1.807, 2.05) is 24.3 Å². The number of carboxylic acids is 1. The fourth-order valence-electron chi connectivity index (χ4n) is 6.22. The molecular weight excluding hydrogens is 444 g/mol. The number of hydrogen-bond donors (Lipinski definition) is 2. The lowest BCUT2D eigenvalue weighted by atomic mass is 9.94. The van der Waals surface area contributed by atoms with Gasteiger partial charge in [0, 0.05) is 31.0 Å². The molecule has 0 aromatic heterocycles. The quantitative estimate of drug-likeness (QED) is 0.617. The number of alkyl carbamates (subject to hydrolysis) is 1. The summed E-state index contributed by atoms with van der Waals surface area (Å²) in [5.41, 5.74) is 4.72. The summed E-state index contributed by atoms with van der Waals surface area (Å²) in [6.07, 6.45) is 3.72. The van der Waals surface area contributed by atoms with Crippen LogP contribution in [0.5, 0.6) is 0 Å². The van der Waals surface area contributed by atoms with Crippen LogP contribution in [0.4, 0.5) is 4.79 Å². The highest BCUT2D eigenvalue weighted by molar-refractivity contribution is 5.81. The van der Waals surface area contributed by atoms with Crippen LogP contribution in [0.2, 0.25) is 0 Å². The maximum absolute atomic E-state index is 13.2. The molecule has 0 radical (unpaired) electrons. The summed E-state index contributed by atoms with van der Waals surface area (Å²) >= 11 is 0. The van der Waals surface area contributed by atoms with Crippen molar-refractivity contribution in [2.24, 2.45) is 11.8 Å². The van der Waals surface area contributed by atoms with E-state index in [0.717, 1.165) is 32.1 Å². The smallest absolute Gasteiger partial charge is 0.407 e. The Kier molecular flexibility index (Phi) is 6.75. The number of hydrogen-bond acceptors (Lipinski definition) is 4. The lowest BCUT2D eigenvalue weighted by Crippen LogP contribution is -2.43. The van der Waals surface area contributed by atoms with E-state index in [1.165, 1.54) is 22.3 Å². The second-order valence-electron chi connectivity index (χ2n) is 9.93. The number of nitrogens with one attached hydrogen (secondary N) is 1. The molecule has 2 aromatic carbocycles. The zero-order valence-electron chi connectivity index (χ0n) is 19.8. The standard InChI is InChI=1S/C28H32N2O5/c31-26(32)15-19-8-6-14-30(19)27(33)20-13-5-7-18(20)16-29-28(34)35-17-25-23-11-3-1-9-21(23)22-10-2-4-12-24(22)25/h1-4,9-12,18-20,25H,5-8,13-17H2,(H,29,34)(H,31,32)/t18-,19+,20-/m1/s1. The first-order valence-corrected chi connectivity index (χ1v) is 12.6. The molecule has 184 valence electrons. The lowest BCUT2D eigenvalue weighted by Gasteiger charge is -2.29. The second kappa shape index (κ2) is 10.1. The van der Waals surface area contributed by atoms with Crippen LogP contribution in [0, 0.1) is 11.8 Å². The van der Waals surface area contributed by atoms with Gasteiger partial charge in [0.25, 0.3) is 0 Å². The number of nitrogens with zero attached hydrogens (tertiary/aromatic N) is 1. The highest BCUT2D eigenvalue weighted by Gasteiger charge is 2.40. The van der Waals surface area contributed by atoms with E-state index in [-0.39, 0.29) is 42.7 Å². The summed E-state index contributed by atoms with van der Waals surface area (Å²) in [7, 11) is 0. The van der Waals surface area contributed by atoms with E-state index in [1.54, 1.807) is 4.90 Å². The Morgan fingerprint density at radius 1 is 0.943 bits per heavy atom. The highest BCUT2D eigenvalue weighted by atomic mass is 16.5. The molecule has 7 heteroatoms. The molecule has 1 heterocycles. The van der Waals surface area contributed by atoms with Crippen LogP contribution in [0.3, 0.4) is 0 Å². The maximum atomic E-state index is 13.2. The predicted octanol–water partition coefficient (Wildman–Crippen LogP) is 4.41. The second-order valence-corrected chi connectivity index (χ2v) is 9.93. The first-order chi connectivity index (χ1) is 17.0. The number of amides is 2. The van der Waals surface area contributed by atoms with Crippen molar-refractivity contribution in [1.82, 2.24) is 10.2 Å². The molecule has 35 heavy (non-hydrogen) atoms. The Balaban J connectivity index is 1.16. The molecular formula is C28H32N2O5. The van der Waals surface area contributed by atoms with Crippen LogP contribution in [0.25, 0.3) is 11.1 Å². The monoisotopic (exact) mass is 476 g/mol. The Bertz CT molecular complexity index is 1070. The summed E-state index contributed by atoms with van der Waals surface area (Å²) in [5.74, 6) is -0.928. The topological polar surface area (TPSA) is 95.9 Å². The largest absolute Gasteiger partial charge is 0.481 e. The molecule has 0 spiro atoms. The van der Waals surface area contributed by atoms with E-state index in [2.05, 4.69) is 29.6 Å². The Hall–Kier alpha value is -3.35. The Labute approximate surface area is 205 Å². The van der Waals surface area contributed by atoms with Gasteiger partial charge >= 0.3 is 12.1 Å². The molecule has 2 aliphatic carbocycles. The van der Waals surface area contributed by atoms with Crippen molar-refractivity contribution in [3.05, 3.63) is 59.7 Å². The van der Waals surface area contributed by atoms with Crippen molar-refractivity contribution in [3.63, 3.8) is 0 Å². The van der Waals surface area contributed by atoms with E-state index in [4.69, 9.17) is 4.74 Å². The van der Waals surface area contributed by atoms with Gasteiger partial charge in [0.15, 0.2) is 0 Å². The van der Waals surface area contributed by atoms with E-state index >= 15 is 0 Å². The Morgan fingerprint density at radius 2 is 1.63 bits per heavy atom. The number of aliphatic carboxylic acids is 1. The van der Waals surface area contributed by atoms with Crippen molar-refractivity contribution in [2.45, 2.75) is 50.5 Å². The zero-order chi connectivity index (χ0) is 24.4. The minimum atomic E-state index is -0.866. The van der Waals surface area contributed by atoms with Crippen molar-refractivity contribution in [2.75, 3.05) is 19.7 Å². The Morgan fingerprint density at radius 3 is 2.31 bits per heavy atom. The first-order valence-electron chi connectivity index (χ1n) is 12.6. The number of carbonyl (C=O) groups is 3. The fraction of sp³-hybridized carbons (Fsp3) is 0.464. The van der Waals surface area contributed by atoms with Gasteiger partial charge in [0.2, 0.25) is 5.91 Å². The number of carboxylic acid groups (broad SMARTS) is 1. The number of fused-ring (bicyclic) bond motifs is 3. The average Bonchev–Trinajstić information content (AvgIpc) is 3.58. The summed E-state index contributed by atoms with van der Waals surface area (Å²) in [6.45, 7) is 1.28. The van der Waals surface area contributed by atoms with E-state index < -0.39 is 12.1 Å². The van der Waals surface area contributed by atoms with Gasteiger partial charge in [-0.05, 0) is 53.9 Å². The summed E-state index contributed by atoms with van der Waals surface area (Å²) < 4.78 is 5.65. The van der Waals surface area contributed by atoms with E-state index in [9.17, 15) is 19.5 Å². The molecule has 3 atom stereocenters. The molecule has 0 unspecified atom stereocenters. The molecule has 7 nitrogen and oxygen atoms in total. The minimum Gasteiger partial charge on any atom is -0.481 e. The lowest BCUT2D eigenvalue weighted by molar-refractivity contribution is -0.141. The first kappa shape index (κ1) is 23.4. The molecule has 5 rings (SSSR count). The van der Waals surface area contributed by atoms with Gasteiger partial charge in [-0.1, -0.05) is 55.0 Å². The highest BCUT2D eigenvalue weighted by Crippen LogP contribution is 2.44. The van der Waals surface area contributed by atoms with Gasteiger partial charge in [-0.2, -0.15) is 0 Å². The molecule has 1 saturated carbocycles. The van der Waals surface area contributed by atoms with Gasteiger partial charge in [-0.3, -0.25) is 9.59 Å². The minimum absolute atomic E-state index is 0.00112. The summed E-state index contributed by atoms with van der Waals surface area (Å²) in [5, 5.41) is 12.1. The zero-order valence-corrected chi connectivity index (χ0v) is 19.8. The molecule has 3 aliphatic rings. The van der Waals surface area contributed by atoms with Crippen molar-refractivity contribution in [1.29, 1.82) is 0 Å². The molecule has 1 saturated heterocycles. The van der Waals surface area contributed by atoms with Crippen molar-refractivity contribution in [3.8, 4) is 11.1 Å². The average molecular weight is 477 g/mol. The van der Waals surface area contributed by atoms with Crippen molar-refractivity contribution < 1.29 is 24.2 Å². The third-order valence-corrected chi connectivity index (χ3v) is 7.90. The van der Waals surface area contributed by atoms with Gasteiger partial charge in [0.1, 0.15) is 6.61 Å². The molecule has 2 aromatic rings. The number of rotatable bonds is 7. The SMILES string of the molecule is O=C(O)C[C@@H]1CCCN1C(=O)[C@@H]1CCC[C@@H]1CNC(=O)OCC1c2ccccc2-c2ccccc21. The van der Waals surface area contributed by atoms with Gasteiger partial charge < -0.3 is 20.1 Å². The normalized spacial score (nSPS) is 23.1. The molecule has 2 amide bonds. The molecule has 2 fully saturated rings. The fourth-order valence-corrected chi connectivity index (χ4v) is 6.22. The van der Waals surface area contributed by atoms with Gasteiger partial charge in [-0.15, -0.1) is 0 Å². The third-order valence-electron chi connectivity index (χ3n) is 7.90. The molecule has 2 N–H and O–H groups in total.